The van der Waals surface area contributed by atoms with Crippen molar-refractivity contribution in [3.05, 3.63) is 60.2 Å². The smallest absolute Gasteiger partial charge is 0.246 e. The highest BCUT2D eigenvalue weighted by Gasteiger charge is 2.06. The van der Waals surface area contributed by atoms with E-state index in [0.717, 1.165) is 11.3 Å². The fraction of sp³-hybridized carbons (Fsp3) is 0.300. The number of hydrogen-bond acceptors (Lipinski definition) is 4. The number of anilines is 1. The Hall–Kier alpha value is -2.14. The van der Waals surface area contributed by atoms with E-state index in [1.54, 1.807) is 24.3 Å². The number of halogens is 1. The molecule has 2 rings (SSSR count). The average molecular weight is 530 g/mol. The van der Waals surface area contributed by atoms with E-state index in [1.807, 2.05) is 37.3 Å². The van der Waals surface area contributed by atoms with Gasteiger partial charge in [0.1, 0.15) is 6.54 Å². The van der Waals surface area contributed by atoms with Gasteiger partial charge in [-0.1, -0.05) is 30.3 Å². The standard InChI is InChI=1S/C20H26N4O3S.HI/c1-3-21-20(23-15-19(25)24-17-7-5-4-6-8-17)22-14-13-16-9-11-18(12-10-16)28(2,26)27;/h4-12H,3,13-15H2,1-2H3,(H,24,25)(H2,21,22,23);1H. The maximum atomic E-state index is 12.0. The van der Waals surface area contributed by atoms with Crippen molar-refractivity contribution in [2.45, 2.75) is 18.2 Å². The Labute approximate surface area is 189 Å². The minimum Gasteiger partial charge on any atom is -0.357 e. The molecule has 0 aliphatic carbocycles. The monoisotopic (exact) mass is 530 g/mol. The van der Waals surface area contributed by atoms with Crippen molar-refractivity contribution in [3.63, 3.8) is 0 Å². The number of hydrogen-bond donors (Lipinski definition) is 3. The molecule has 0 unspecified atom stereocenters. The van der Waals surface area contributed by atoms with Crippen LogP contribution >= 0.6 is 24.0 Å². The highest BCUT2D eigenvalue weighted by Crippen LogP contribution is 2.10. The van der Waals surface area contributed by atoms with Crippen molar-refractivity contribution < 1.29 is 13.2 Å². The van der Waals surface area contributed by atoms with E-state index in [-0.39, 0.29) is 36.4 Å². The first-order valence-electron chi connectivity index (χ1n) is 9.04. The molecule has 0 spiro atoms. The van der Waals surface area contributed by atoms with Crippen molar-refractivity contribution in [1.29, 1.82) is 0 Å². The normalized spacial score (nSPS) is 11.3. The summed E-state index contributed by atoms with van der Waals surface area (Å²) in [4.78, 5) is 16.6. The number of aliphatic imine (C=N–C) groups is 1. The third-order valence-corrected chi connectivity index (χ3v) is 4.97. The molecule has 0 bridgehead atoms. The summed E-state index contributed by atoms with van der Waals surface area (Å²) >= 11 is 0. The highest BCUT2D eigenvalue weighted by atomic mass is 127. The quantitative estimate of drug-likeness (QED) is 0.277. The summed E-state index contributed by atoms with van der Waals surface area (Å²) < 4.78 is 23.0. The number of carbonyl (C=O) groups excluding carboxylic acids is 1. The second-order valence-electron chi connectivity index (χ2n) is 6.20. The number of para-hydroxylation sites is 1. The molecule has 0 aromatic heterocycles. The molecule has 1 amide bonds. The molecule has 0 aliphatic heterocycles. The second kappa shape index (κ2) is 12.4. The van der Waals surface area contributed by atoms with Gasteiger partial charge in [-0.2, -0.15) is 0 Å². The van der Waals surface area contributed by atoms with E-state index in [0.29, 0.717) is 30.4 Å². The van der Waals surface area contributed by atoms with E-state index in [2.05, 4.69) is 20.9 Å². The fourth-order valence-corrected chi connectivity index (χ4v) is 3.07. The molecule has 3 N–H and O–H groups in total. The number of nitrogens with one attached hydrogen (secondary N) is 3. The van der Waals surface area contributed by atoms with Crippen molar-refractivity contribution in [2.75, 3.05) is 31.2 Å². The molecule has 29 heavy (non-hydrogen) atoms. The van der Waals surface area contributed by atoms with Gasteiger partial charge in [0.15, 0.2) is 15.8 Å². The largest absolute Gasteiger partial charge is 0.357 e. The van der Waals surface area contributed by atoms with Gasteiger partial charge < -0.3 is 16.0 Å². The minimum atomic E-state index is -3.18. The fourth-order valence-electron chi connectivity index (χ4n) is 2.44. The van der Waals surface area contributed by atoms with Crippen LogP contribution in [0.25, 0.3) is 0 Å². The van der Waals surface area contributed by atoms with Gasteiger partial charge in [-0.25, -0.2) is 13.4 Å². The molecule has 0 fully saturated rings. The maximum Gasteiger partial charge on any atom is 0.246 e. The molecule has 2 aromatic carbocycles. The lowest BCUT2D eigenvalue weighted by molar-refractivity contribution is -0.114. The maximum absolute atomic E-state index is 12.0. The van der Waals surface area contributed by atoms with Crippen LogP contribution in [0.3, 0.4) is 0 Å². The van der Waals surface area contributed by atoms with Gasteiger partial charge in [0.05, 0.1) is 4.90 Å². The van der Waals surface area contributed by atoms with Crippen molar-refractivity contribution >= 4 is 51.4 Å². The van der Waals surface area contributed by atoms with E-state index >= 15 is 0 Å². The summed E-state index contributed by atoms with van der Waals surface area (Å²) in [7, 11) is -3.18. The average Bonchev–Trinajstić information content (AvgIpc) is 2.66. The van der Waals surface area contributed by atoms with Crippen LogP contribution in [0.2, 0.25) is 0 Å². The molecule has 2 aromatic rings. The molecule has 9 heteroatoms. The molecule has 0 heterocycles. The summed E-state index contributed by atoms with van der Waals surface area (Å²) in [5, 5.41) is 9.06. The van der Waals surface area contributed by atoms with Crippen LogP contribution in [0.1, 0.15) is 12.5 Å². The third kappa shape index (κ3) is 9.27. The molecular weight excluding hydrogens is 503 g/mol. The zero-order valence-corrected chi connectivity index (χ0v) is 19.7. The van der Waals surface area contributed by atoms with Crippen molar-refractivity contribution in [3.8, 4) is 0 Å². The van der Waals surface area contributed by atoms with Crippen LogP contribution in [0.4, 0.5) is 5.69 Å². The Morgan fingerprint density at radius 1 is 1.00 bits per heavy atom. The Kier molecular flexibility index (Phi) is 10.7. The van der Waals surface area contributed by atoms with Crippen molar-refractivity contribution in [1.82, 2.24) is 10.6 Å². The molecule has 0 atom stereocenters. The molecule has 0 saturated heterocycles. The van der Waals surface area contributed by atoms with E-state index in [1.165, 1.54) is 6.26 Å². The lowest BCUT2D eigenvalue weighted by Crippen LogP contribution is -2.39. The zero-order chi connectivity index (χ0) is 20.4. The van der Waals surface area contributed by atoms with Crippen LogP contribution in [-0.2, 0) is 21.1 Å². The van der Waals surface area contributed by atoms with Gasteiger partial charge >= 0.3 is 0 Å². The topological polar surface area (TPSA) is 99.7 Å². The lowest BCUT2D eigenvalue weighted by atomic mass is 10.1. The Morgan fingerprint density at radius 3 is 2.24 bits per heavy atom. The highest BCUT2D eigenvalue weighted by molar-refractivity contribution is 14.0. The number of sulfone groups is 1. The first-order valence-corrected chi connectivity index (χ1v) is 10.9. The van der Waals surface area contributed by atoms with Gasteiger partial charge in [0.25, 0.3) is 0 Å². The summed E-state index contributed by atoms with van der Waals surface area (Å²) in [6.45, 7) is 3.23. The van der Waals surface area contributed by atoms with Gasteiger partial charge in [-0.3, -0.25) is 4.79 Å². The third-order valence-electron chi connectivity index (χ3n) is 3.84. The molecule has 0 saturated carbocycles. The number of benzene rings is 2. The molecule has 0 radical (unpaired) electrons. The Morgan fingerprint density at radius 2 is 1.66 bits per heavy atom. The molecule has 0 aliphatic rings. The SMILES string of the molecule is CCNC(=NCC(=O)Nc1ccccc1)NCCc1ccc(S(C)(=O)=O)cc1.I. The van der Waals surface area contributed by atoms with Gasteiger partial charge in [-0.15, -0.1) is 24.0 Å². The van der Waals surface area contributed by atoms with Crippen LogP contribution in [0.5, 0.6) is 0 Å². The van der Waals surface area contributed by atoms with Crippen molar-refractivity contribution in [2.24, 2.45) is 4.99 Å². The Balaban J connectivity index is 0.00000420. The predicted molar refractivity (Wildman–Crippen MR) is 128 cm³/mol. The van der Waals surface area contributed by atoms with E-state index < -0.39 is 9.84 Å². The molecular formula is C20H27IN4O3S. The second-order valence-corrected chi connectivity index (χ2v) is 8.22. The summed E-state index contributed by atoms with van der Waals surface area (Å²) in [6, 6.07) is 16.1. The van der Waals surface area contributed by atoms with Crippen LogP contribution in [0, 0.1) is 0 Å². The van der Waals surface area contributed by atoms with E-state index in [4.69, 9.17) is 0 Å². The molecule has 7 nitrogen and oxygen atoms in total. The number of rotatable bonds is 8. The lowest BCUT2D eigenvalue weighted by Gasteiger charge is -2.11. The summed E-state index contributed by atoms with van der Waals surface area (Å²) in [6.07, 6.45) is 1.89. The molecule has 158 valence electrons. The van der Waals surface area contributed by atoms with Gasteiger partial charge in [0, 0.05) is 25.0 Å². The van der Waals surface area contributed by atoms with E-state index in [9.17, 15) is 13.2 Å². The predicted octanol–water partition coefficient (Wildman–Crippen LogP) is 2.44. The van der Waals surface area contributed by atoms with Gasteiger partial charge in [-0.05, 0) is 43.2 Å². The van der Waals surface area contributed by atoms with Crippen LogP contribution in [-0.4, -0.2) is 46.2 Å². The number of guanidine groups is 1. The minimum absolute atomic E-state index is 0. The summed E-state index contributed by atoms with van der Waals surface area (Å²) in [5.41, 5.74) is 1.75. The number of amides is 1. The zero-order valence-electron chi connectivity index (χ0n) is 16.5. The Bertz CT molecular complexity index is 901. The van der Waals surface area contributed by atoms with Crippen LogP contribution < -0.4 is 16.0 Å². The summed E-state index contributed by atoms with van der Waals surface area (Å²) in [5.74, 6) is 0.359. The van der Waals surface area contributed by atoms with Gasteiger partial charge in [0.2, 0.25) is 5.91 Å². The first kappa shape index (κ1) is 24.9. The first-order chi connectivity index (χ1) is 13.4. The van der Waals surface area contributed by atoms with Crippen LogP contribution in [0.15, 0.2) is 64.5 Å². The number of nitrogens with zero attached hydrogens (tertiary/aromatic N) is 1. The number of carbonyl (C=O) groups is 1.